The molecule has 0 saturated heterocycles. The average molecular weight is 271 g/mol. The van der Waals surface area contributed by atoms with Gasteiger partial charge in [0.15, 0.2) is 0 Å². The van der Waals surface area contributed by atoms with E-state index >= 15 is 0 Å². The smallest absolute Gasteiger partial charge is 0.126 e. The van der Waals surface area contributed by atoms with Crippen molar-refractivity contribution in [2.24, 2.45) is 11.3 Å². The van der Waals surface area contributed by atoms with Crippen molar-refractivity contribution in [3.8, 4) is 0 Å². The van der Waals surface area contributed by atoms with E-state index in [0.717, 1.165) is 24.3 Å². The first-order chi connectivity index (χ1) is 9.31. The monoisotopic (exact) mass is 271 g/mol. The largest absolute Gasteiger partial charge is 0.303 e. The Bertz CT molecular complexity index is 591. The van der Waals surface area contributed by atoms with Crippen LogP contribution >= 0.6 is 11.3 Å². The summed E-state index contributed by atoms with van der Waals surface area (Å²) in [7, 11) is 0. The second-order valence-corrected chi connectivity index (χ2v) is 7.16. The topological polar surface area (TPSA) is 30.0 Å². The van der Waals surface area contributed by atoms with Gasteiger partial charge in [0.2, 0.25) is 0 Å². The maximum Gasteiger partial charge on any atom is 0.126 e. The SMILES string of the molecule is O=CC12CCC(CC1)CC2c1nc2ccccc2s1. The maximum atomic E-state index is 11.7. The third-order valence-corrected chi connectivity index (χ3v) is 6.29. The number of carbonyl (C=O) groups is 1. The second-order valence-electron chi connectivity index (χ2n) is 6.10. The molecule has 3 saturated carbocycles. The van der Waals surface area contributed by atoms with E-state index in [1.165, 1.54) is 35.3 Å². The first-order valence-electron chi connectivity index (χ1n) is 7.12. The molecule has 1 atom stereocenters. The van der Waals surface area contributed by atoms with Crippen molar-refractivity contribution in [1.29, 1.82) is 0 Å². The zero-order valence-corrected chi connectivity index (χ0v) is 11.7. The van der Waals surface area contributed by atoms with Crippen molar-refractivity contribution in [3.63, 3.8) is 0 Å². The van der Waals surface area contributed by atoms with Crippen LogP contribution in [0.5, 0.6) is 0 Å². The van der Waals surface area contributed by atoms with E-state index in [0.29, 0.717) is 5.92 Å². The van der Waals surface area contributed by atoms with Crippen LogP contribution in [0.2, 0.25) is 0 Å². The molecule has 3 aliphatic rings. The Morgan fingerprint density at radius 2 is 2.05 bits per heavy atom. The molecule has 2 nitrogen and oxygen atoms in total. The number of para-hydroxylation sites is 1. The molecule has 1 aromatic heterocycles. The Hall–Kier alpha value is -1.22. The van der Waals surface area contributed by atoms with E-state index < -0.39 is 0 Å². The summed E-state index contributed by atoms with van der Waals surface area (Å²) in [4.78, 5) is 16.5. The molecule has 1 aromatic carbocycles. The molecular weight excluding hydrogens is 254 g/mol. The molecule has 1 unspecified atom stereocenters. The number of nitrogens with zero attached hydrogens (tertiary/aromatic N) is 1. The number of aromatic nitrogens is 1. The van der Waals surface area contributed by atoms with Crippen LogP contribution in [0, 0.1) is 11.3 Å². The van der Waals surface area contributed by atoms with Crippen molar-refractivity contribution < 1.29 is 4.79 Å². The highest BCUT2D eigenvalue weighted by molar-refractivity contribution is 7.18. The molecule has 3 aliphatic carbocycles. The van der Waals surface area contributed by atoms with Gasteiger partial charge in [0.1, 0.15) is 6.29 Å². The molecule has 3 heteroatoms. The number of hydrogen-bond acceptors (Lipinski definition) is 3. The summed E-state index contributed by atoms with van der Waals surface area (Å²) in [6.07, 6.45) is 7.03. The molecule has 0 amide bonds. The van der Waals surface area contributed by atoms with Crippen LogP contribution in [-0.4, -0.2) is 11.3 Å². The summed E-state index contributed by atoms with van der Waals surface area (Å²) >= 11 is 1.79. The van der Waals surface area contributed by atoms with Gasteiger partial charge in [-0.25, -0.2) is 4.98 Å². The fourth-order valence-corrected chi connectivity index (χ4v) is 5.16. The van der Waals surface area contributed by atoms with Gasteiger partial charge < -0.3 is 4.79 Å². The molecule has 5 rings (SSSR count). The number of hydrogen-bond donors (Lipinski definition) is 0. The highest BCUT2D eigenvalue weighted by Gasteiger charge is 2.49. The van der Waals surface area contributed by atoms with E-state index in [-0.39, 0.29) is 5.41 Å². The zero-order chi connectivity index (χ0) is 12.9. The molecule has 98 valence electrons. The van der Waals surface area contributed by atoms with Crippen LogP contribution < -0.4 is 0 Å². The van der Waals surface area contributed by atoms with Crippen LogP contribution in [0.3, 0.4) is 0 Å². The van der Waals surface area contributed by atoms with Gasteiger partial charge in [-0.3, -0.25) is 0 Å². The van der Waals surface area contributed by atoms with Gasteiger partial charge in [-0.2, -0.15) is 0 Å². The zero-order valence-electron chi connectivity index (χ0n) is 10.8. The lowest BCUT2D eigenvalue weighted by molar-refractivity contribution is -0.123. The van der Waals surface area contributed by atoms with E-state index in [9.17, 15) is 4.79 Å². The third-order valence-electron chi connectivity index (χ3n) is 5.14. The highest BCUT2D eigenvalue weighted by Crippen LogP contribution is 2.57. The Balaban J connectivity index is 1.80. The Kier molecular flexibility index (Phi) is 2.52. The van der Waals surface area contributed by atoms with Crippen LogP contribution in [0.4, 0.5) is 0 Å². The molecule has 0 N–H and O–H groups in total. The number of rotatable bonds is 2. The molecule has 1 heterocycles. The van der Waals surface area contributed by atoms with Gasteiger partial charge in [0.05, 0.1) is 15.2 Å². The minimum Gasteiger partial charge on any atom is -0.303 e. The number of aldehydes is 1. The second kappa shape index (κ2) is 4.14. The van der Waals surface area contributed by atoms with Crippen molar-refractivity contribution in [3.05, 3.63) is 29.3 Å². The molecule has 3 fully saturated rings. The highest BCUT2D eigenvalue weighted by atomic mass is 32.1. The van der Waals surface area contributed by atoms with E-state index in [2.05, 4.69) is 18.2 Å². The van der Waals surface area contributed by atoms with Crippen molar-refractivity contribution in [2.75, 3.05) is 0 Å². The predicted octanol–water partition coefficient (Wildman–Crippen LogP) is 4.16. The quantitative estimate of drug-likeness (QED) is 0.768. The summed E-state index contributed by atoms with van der Waals surface area (Å²) in [6.45, 7) is 0. The third kappa shape index (κ3) is 1.68. The Morgan fingerprint density at radius 3 is 2.79 bits per heavy atom. The molecular formula is C16H17NOS. The summed E-state index contributed by atoms with van der Waals surface area (Å²) in [5.41, 5.74) is 0.979. The molecule has 2 aromatic rings. The van der Waals surface area contributed by atoms with Gasteiger partial charge in [0, 0.05) is 11.3 Å². The molecule has 2 bridgehead atoms. The fourth-order valence-electron chi connectivity index (χ4n) is 3.95. The van der Waals surface area contributed by atoms with Crippen molar-refractivity contribution in [2.45, 2.75) is 38.0 Å². The minimum absolute atomic E-state index is 0.109. The lowest BCUT2D eigenvalue weighted by Crippen LogP contribution is -2.41. The van der Waals surface area contributed by atoms with Gasteiger partial charge in [-0.15, -0.1) is 11.3 Å². The molecule has 0 spiro atoms. The van der Waals surface area contributed by atoms with E-state index in [1.54, 1.807) is 11.3 Å². The summed E-state index contributed by atoms with van der Waals surface area (Å²) < 4.78 is 1.25. The van der Waals surface area contributed by atoms with Crippen LogP contribution in [-0.2, 0) is 4.79 Å². The number of fused-ring (bicyclic) bond motifs is 4. The lowest BCUT2D eigenvalue weighted by atomic mass is 9.56. The number of benzene rings is 1. The Labute approximate surface area is 116 Å². The predicted molar refractivity (Wildman–Crippen MR) is 77.4 cm³/mol. The van der Waals surface area contributed by atoms with Gasteiger partial charge in [0.25, 0.3) is 0 Å². The lowest BCUT2D eigenvalue weighted by Gasteiger charge is -2.48. The number of thiazole rings is 1. The maximum absolute atomic E-state index is 11.7. The van der Waals surface area contributed by atoms with Crippen LogP contribution in [0.1, 0.15) is 43.0 Å². The van der Waals surface area contributed by atoms with Gasteiger partial charge in [-0.1, -0.05) is 12.1 Å². The van der Waals surface area contributed by atoms with Gasteiger partial charge >= 0.3 is 0 Å². The van der Waals surface area contributed by atoms with E-state index in [1.807, 2.05) is 6.07 Å². The average Bonchev–Trinajstić information content (AvgIpc) is 2.92. The normalized spacial score (nSPS) is 33.7. The molecule has 19 heavy (non-hydrogen) atoms. The first-order valence-corrected chi connectivity index (χ1v) is 7.94. The van der Waals surface area contributed by atoms with Crippen LogP contribution in [0.25, 0.3) is 10.2 Å². The first kappa shape index (κ1) is 11.6. The molecule has 0 radical (unpaired) electrons. The number of carbonyl (C=O) groups excluding carboxylic acids is 1. The van der Waals surface area contributed by atoms with E-state index in [4.69, 9.17) is 4.98 Å². The van der Waals surface area contributed by atoms with Gasteiger partial charge in [-0.05, 0) is 50.2 Å². The van der Waals surface area contributed by atoms with Crippen molar-refractivity contribution >= 4 is 27.8 Å². The van der Waals surface area contributed by atoms with Crippen molar-refractivity contribution in [1.82, 2.24) is 4.98 Å². The minimum atomic E-state index is -0.109. The summed E-state index contributed by atoms with van der Waals surface area (Å²) in [6, 6.07) is 8.30. The van der Waals surface area contributed by atoms with Crippen LogP contribution in [0.15, 0.2) is 24.3 Å². The molecule has 0 aliphatic heterocycles. The standard InChI is InChI=1S/C16H17NOS/c18-10-16-7-5-11(6-8-16)9-12(16)15-17-13-3-1-2-4-14(13)19-15/h1-4,10-12H,5-9H2. The Morgan fingerprint density at radius 1 is 1.26 bits per heavy atom. The summed E-state index contributed by atoms with van der Waals surface area (Å²) in [5.74, 6) is 1.19. The summed E-state index contributed by atoms with van der Waals surface area (Å²) in [5, 5.41) is 1.19. The fraction of sp³-hybridized carbons (Fsp3) is 0.500.